The fourth-order valence-electron chi connectivity index (χ4n) is 2.18. The molecule has 1 N–H and O–H groups in total. The molecule has 1 aromatic carbocycles. The molecule has 0 saturated heterocycles. The molecule has 2 aromatic rings. The number of aliphatic imine (C=N–C) groups is 1. The Morgan fingerprint density at radius 2 is 2.10 bits per heavy atom. The van der Waals surface area contributed by atoms with E-state index in [-0.39, 0.29) is 0 Å². The first-order valence-corrected chi connectivity index (χ1v) is 7.52. The Kier molecular flexibility index (Phi) is 3.78. The number of halogens is 2. The molecule has 6 heteroatoms. The highest BCUT2D eigenvalue weighted by molar-refractivity contribution is 9.10. The summed E-state index contributed by atoms with van der Waals surface area (Å²) in [5, 5.41) is 3.06. The van der Waals surface area contributed by atoms with E-state index in [0.717, 1.165) is 23.2 Å². The van der Waals surface area contributed by atoms with Gasteiger partial charge in [0.1, 0.15) is 11.8 Å². The molecule has 0 amide bonds. The van der Waals surface area contributed by atoms with Crippen molar-refractivity contribution >= 4 is 50.9 Å². The summed E-state index contributed by atoms with van der Waals surface area (Å²) in [7, 11) is 0. The number of pyridine rings is 1. The summed E-state index contributed by atoms with van der Waals surface area (Å²) in [5.41, 5.74) is 2.22. The number of hydrogen-bond acceptors (Lipinski definition) is 4. The van der Waals surface area contributed by atoms with Crippen LogP contribution in [-0.2, 0) is 4.79 Å². The zero-order valence-corrected chi connectivity index (χ0v) is 13.2. The monoisotopic (exact) mass is 363 g/mol. The van der Waals surface area contributed by atoms with Crippen LogP contribution in [-0.4, -0.2) is 26.8 Å². The first-order valence-electron chi connectivity index (χ1n) is 6.29. The molecule has 2 heterocycles. The topological polar surface area (TPSA) is 54.4 Å². The van der Waals surface area contributed by atoms with Crippen molar-refractivity contribution in [3.8, 4) is 0 Å². The van der Waals surface area contributed by atoms with Crippen LogP contribution >= 0.6 is 27.5 Å². The van der Waals surface area contributed by atoms with Gasteiger partial charge in [0.05, 0.1) is 23.3 Å². The van der Waals surface area contributed by atoms with Gasteiger partial charge in [-0.25, -0.2) is 0 Å². The molecule has 1 aliphatic heterocycles. The molecule has 1 aliphatic rings. The van der Waals surface area contributed by atoms with Crippen molar-refractivity contribution in [2.24, 2.45) is 4.99 Å². The van der Waals surface area contributed by atoms with Crippen LogP contribution in [0.5, 0.6) is 0 Å². The van der Waals surface area contributed by atoms with Gasteiger partial charge in [0.25, 0.3) is 0 Å². The number of aromatic nitrogens is 1. The molecule has 0 fully saturated rings. The van der Waals surface area contributed by atoms with Gasteiger partial charge in [0.2, 0.25) is 0 Å². The Morgan fingerprint density at radius 1 is 1.33 bits per heavy atom. The zero-order chi connectivity index (χ0) is 14.9. The van der Waals surface area contributed by atoms with Gasteiger partial charge in [0.15, 0.2) is 4.32 Å². The van der Waals surface area contributed by atoms with E-state index in [1.165, 1.54) is 0 Å². The number of para-hydroxylation sites is 1. The van der Waals surface area contributed by atoms with Gasteiger partial charge in [-0.05, 0) is 18.2 Å². The molecular formula is C15H11BrClN3O. The number of hydrogen-bond donors (Lipinski definition) is 1. The first kappa shape index (κ1) is 14.2. The standard InChI is InChI=1S/C15H11BrClN3O/c16-15(9-21)13(19-10-4-2-1-3-5-10)11-6-7-18-8-12(11)20-14(15)17/h1-9,14,20H. The third-order valence-electron chi connectivity index (χ3n) is 3.26. The highest BCUT2D eigenvalue weighted by Gasteiger charge is 2.45. The maximum absolute atomic E-state index is 11.6. The van der Waals surface area contributed by atoms with Crippen LogP contribution in [0.2, 0.25) is 0 Å². The van der Waals surface area contributed by atoms with Crippen molar-refractivity contribution in [2.75, 3.05) is 5.32 Å². The first-order chi connectivity index (χ1) is 10.1. The quantitative estimate of drug-likeness (QED) is 0.504. The molecule has 106 valence electrons. The summed E-state index contributed by atoms with van der Waals surface area (Å²) in [6.45, 7) is 0. The minimum Gasteiger partial charge on any atom is -0.366 e. The third kappa shape index (κ3) is 2.47. The van der Waals surface area contributed by atoms with E-state index in [9.17, 15) is 4.79 Å². The van der Waals surface area contributed by atoms with Crippen LogP contribution in [0.4, 0.5) is 11.4 Å². The molecule has 0 aliphatic carbocycles. The Labute approximate surface area is 135 Å². The van der Waals surface area contributed by atoms with Crippen LogP contribution in [0.15, 0.2) is 53.8 Å². The van der Waals surface area contributed by atoms with E-state index < -0.39 is 9.83 Å². The van der Waals surface area contributed by atoms with Gasteiger partial charge in [-0.2, -0.15) is 0 Å². The molecule has 0 radical (unpaired) electrons. The van der Waals surface area contributed by atoms with Gasteiger partial charge >= 0.3 is 0 Å². The van der Waals surface area contributed by atoms with Gasteiger partial charge in [0, 0.05) is 11.8 Å². The maximum Gasteiger partial charge on any atom is 0.157 e. The van der Waals surface area contributed by atoms with Gasteiger partial charge in [-0.3, -0.25) is 9.98 Å². The van der Waals surface area contributed by atoms with E-state index in [2.05, 4.69) is 31.2 Å². The molecule has 0 saturated carbocycles. The van der Waals surface area contributed by atoms with Crippen LogP contribution in [0.25, 0.3) is 0 Å². The van der Waals surface area contributed by atoms with E-state index in [1.54, 1.807) is 12.4 Å². The van der Waals surface area contributed by atoms with Crippen LogP contribution in [0.3, 0.4) is 0 Å². The van der Waals surface area contributed by atoms with Crippen LogP contribution in [0.1, 0.15) is 5.56 Å². The van der Waals surface area contributed by atoms with Gasteiger partial charge in [-0.1, -0.05) is 45.7 Å². The second-order valence-electron chi connectivity index (χ2n) is 4.61. The molecule has 0 spiro atoms. The molecule has 1 aromatic heterocycles. The molecule has 3 rings (SSSR count). The van der Waals surface area contributed by atoms with Gasteiger partial charge in [-0.15, -0.1) is 0 Å². The lowest BCUT2D eigenvalue weighted by Gasteiger charge is -2.35. The lowest BCUT2D eigenvalue weighted by atomic mass is 9.92. The number of aldehydes is 1. The molecule has 4 nitrogen and oxygen atoms in total. The van der Waals surface area contributed by atoms with Gasteiger partial charge < -0.3 is 10.1 Å². The third-order valence-corrected chi connectivity index (χ3v) is 5.00. The fraction of sp³-hybridized carbons (Fsp3) is 0.133. The predicted octanol–water partition coefficient (Wildman–Crippen LogP) is 3.53. The summed E-state index contributed by atoms with van der Waals surface area (Å²) in [6, 6.07) is 11.3. The van der Waals surface area contributed by atoms with E-state index >= 15 is 0 Å². The maximum atomic E-state index is 11.6. The predicted molar refractivity (Wildman–Crippen MR) is 87.9 cm³/mol. The number of nitrogens with one attached hydrogen (secondary N) is 1. The number of alkyl halides is 2. The zero-order valence-electron chi connectivity index (χ0n) is 10.8. The Hall–Kier alpha value is -1.72. The Balaban J connectivity index is 2.22. The van der Waals surface area contributed by atoms with Crippen molar-refractivity contribution in [3.63, 3.8) is 0 Å². The van der Waals surface area contributed by atoms with Crippen molar-refractivity contribution in [1.82, 2.24) is 4.98 Å². The summed E-state index contributed by atoms with van der Waals surface area (Å²) in [5.74, 6) is 0. The molecule has 2 atom stereocenters. The van der Waals surface area contributed by atoms with Crippen molar-refractivity contribution in [1.29, 1.82) is 0 Å². The minimum absolute atomic E-state index is 0.569. The number of anilines is 1. The average Bonchev–Trinajstić information content (AvgIpc) is 2.53. The van der Waals surface area contributed by atoms with Crippen molar-refractivity contribution in [3.05, 3.63) is 54.4 Å². The average molecular weight is 365 g/mol. The molecule has 21 heavy (non-hydrogen) atoms. The normalized spacial score (nSPS) is 26.0. The highest BCUT2D eigenvalue weighted by Crippen LogP contribution is 2.38. The highest BCUT2D eigenvalue weighted by atomic mass is 79.9. The summed E-state index contributed by atoms with van der Waals surface area (Å²) in [4.78, 5) is 20.3. The summed E-state index contributed by atoms with van der Waals surface area (Å²) >= 11 is 9.76. The van der Waals surface area contributed by atoms with E-state index in [0.29, 0.717) is 5.71 Å². The molecule has 0 bridgehead atoms. The number of benzene rings is 1. The second-order valence-corrected chi connectivity index (χ2v) is 6.36. The van der Waals surface area contributed by atoms with Crippen molar-refractivity contribution < 1.29 is 4.79 Å². The Bertz CT molecular complexity index is 707. The fourth-order valence-corrected chi connectivity index (χ4v) is 2.87. The summed E-state index contributed by atoms with van der Waals surface area (Å²) < 4.78 is -1.10. The largest absolute Gasteiger partial charge is 0.366 e. The lowest BCUT2D eigenvalue weighted by Crippen LogP contribution is -2.50. The van der Waals surface area contributed by atoms with E-state index in [1.807, 2.05) is 36.4 Å². The van der Waals surface area contributed by atoms with Crippen molar-refractivity contribution in [2.45, 2.75) is 9.83 Å². The number of carbonyl (C=O) groups excluding carboxylic acids is 1. The number of nitrogens with zero attached hydrogens (tertiary/aromatic N) is 2. The number of fused-ring (bicyclic) bond motifs is 1. The lowest BCUT2D eigenvalue weighted by molar-refractivity contribution is -0.108. The van der Waals surface area contributed by atoms with E-state index in [4.69, 9.17) is 11.6 Å². The van der Waals surface area contributed by atoms with Crippen LogP contribution < -0.4 is 5.32 Å². The minimum atomic E-state index is -1.10. The smallest absolute Gasteiger partial charge is 0.157 e. The van der Waals surface area contributed by atoms with Crippen LogP contribution in [0, 0.1) is 0 Å². The number of carbonyl (C=O) groups is 1. The second kappa shape index (κ2) is 5.58. The number of rotatable bonds is 2. The SMILES string of the molecule is O=CC1(Br)C(=Nc2ccccc2)c2ccncc2NC1Cl. The Morgan fingerprint density at radius 3 is 2.81 bits per heavy atom. The molecular weight excluding hydrogens is 354 g/mol. The molecule has 2 unspecified atom stereocenters. The summed E-state index contributed by atoms with van der Waals surface area (Å²) in [6.07, 6.45) is 4.10.